The van der Waals surface area contributed by atoms with Gasteiger partial charge in [0.1, 0.15) is 6.10 Å². The van der Waals surface area contributed by atoms with Crippen molar-refractivity contribution in [1.82, 2.24) is 5.32 Å². The van der Waals surface area contributed by atoms with Gasteiger partial charge in [-0.3, -0.25) is 9.59 Å². The van der Waals surface area contributed by atoms with Gasteiger partial charge in [-0.25, -0.2) is 0 Å². The van der Waals surface area contributed by atoms with Crippen molar-refractivity contribution in [3.63, 3.8) is 0 Å². The number of nitrogens with one attached hydrogen (secondary N) is 1. The first-order valence-electron chi connectivity index (χ1n) is 29.4. The highest BCUT2D eigenvalue weighted by Gasteiger charge is 2.24. The number of ether oxygens (including phenoxy) is 1. The lowest BCUT2D eigenvalue weighted by atomic mass is 10.0. The van der Waals surface area contributed by atoms with Crippen LogP contribution >= 0.6 is 0 Å². The molecular weight excluding hydrogens is 803 g/mol. The van der Waals surface area contributed by atoms with Gasteiger partial charge in [0.25, 0.3) is 0 Å². The summed E-state index contributed by atoms with van der Waals surface area (Å²) < 4.78 is 5.97. The van der Waals surface area contributed by atoms with Crippen LogP contribution in [0.4, 0.5) is 0 Å². The van der Waals surface area contributed by atoms with Crippen molar-refractivity contribution in [2.45, 2.75) is 347 Å². The normalized spacial score (nSPS) is 13.1. The molecule has 0 aromatic carbocycles. The fourth-order valence-corrected chi connectivity index (χ4v) is 9.37. The smallest absolute Gasteiger partial charge is 0.306 e. The van der Waals surface area contributed by atoms with E-state index in [0.29, 0.717) is 19.3 Å². The predicted octanol–water partition coefficient (Wildman–Crippen LogP) is 18.1. The Hall–Kier alpha value is -1.40. The minimum Gasteiger partial charge on any atom is -0.462 e. The van der Waals surface area contributed by atoms with E-state index in [1.807, 2.05) is 0 Å². The molecule has 0 aromatic heterocycles. The number of rotatable bonds is 54. The second kappa shape index (κ2) is 53.6. The van der Waals surface area contributed by atoms with Gasteiger partial charge in [-0.05, 0) is 51.4 Å². The third-order valence-corrected chi connectivity index (χ3v) is 13.8. The minimum atomic E-state index is -0.785. The van der Waals surface area contributed by atoms with Crippen LogP contribution in [0.3, 0.4) is 0 Å². The topological polar surface area (TPSA) is 95.9 Å². The zero-order chi connectivity index (χ0) is 47.4. The molecule has 386 valence electrons. The minimum absolute atomic E-state index is 0.0796. The van der Waals surface area contributed by atoms with E-state index in [2.05, 4.69) is 38.2 Å². The van der Waals surface area contributed by atoms with Crippen LogP contribution in [0, 0.1) is 0 Å². The number of hydrogen-bond donors (Lipinski definition) is 3. The van der Waals surface area contributed by atoms with Crippen molar-refractivity contribution in [3.8, 4) is 0 Å². The molecule has 0 aromatic rings. The van der Waals surface area contributed by atoms with Gasteiger partial charge in [0, 0.05) is 6.42 Å². The number of allylic oxidation sites excluding steroid dienone is 2. The SMILES string of the molecule is CCCCCCCC/C=C/CCCCCCCC(CC(=O)NC(CO)C(O)CCCCCCCCCCCCCCCCC)OC(=O)CCCCCCCCCCCCCCCCCC. The van der Waals surface area contributed by atoms with Gasteiger partial charge in [-0.1, -0.05) is 277 Å². The van der Waals surface area contributed by atoms with Gasteiger partial charge in [0.15, 0.2) is 0 Å². The van der Waals surface area contributed by atoms with Crippen LogP contribution in [-0.2, 0) is 14.3 Å². The first kappa shape index (κ1) is 63.6. The van der Waals surface area contributed by atoms with Crippen molar-refractivity contribution >= 4 is 11.9 Å². The van der Waals surface area contributed by atoms with Crippen molar-refractivity contribution < 1.29 is 24.5 Å². The molecule has 3 atom stereocenters. The molecule has 0 fully saturated rings. The van der Waals surface area contributed by atoms with Gasteiger partial charge in [0.05, 0.1) is 25.2 Å². The van der Waals surface area contributed by atoms with Crippen LogP contribution < -0.4 is 5.32 Å². The fourth-order valence-electron chi connectivity index (χ4n) is 9.37. The summed E-state index contributed by atoms with van der Waals surface area (Å²) in [5, 5.41) is 23.9. The number of carbonyl (C=O) groups is 2. The second-order valence-corrected chi connectivity index (χ2v) is 20.4. The molecule has 0 radical (unpaired) electrons. The van der Waals surface area contributed by atoms with Crippen LogP contribution in [0.2, 0.25) is 0 Å². The number of carbonyl (C=O) groups excluding carboxylic acids is 2. The van der Waals surface area contributed by atoms with E-state index in [9.17, 15) is 19.8 Å². The number of aliphatic hydroxyl groups excluding tert-OH is 2. The summed E-state index contributed by atoms with van der Waals surface area (Å²) in [6.07, 6.45) is 61.3. The Kier molecular flexibility index (Phi) is 52.4. The summed E-state index contributed by atoms with van der Waals surface area (Å²) in [5.74, 6) is -0.458. The molecule has 0 spiro atoms. The van der Waals surface area contributed by atoms with Gasteiger partial charge in [-0.15, -0.1) is 0 Å². The molecule has 0 aliphatic carbocycles. The molecule has 0 aliphatic heterocycles. The molecule has 65 heavy (non-hydrogen) atoms. The van der Waals surface area contributed by atoms with Crippen molar-refractivity contribution in [3.05, 3.63) is 12.2 Å². The Balaban J connectivity index is 4.51. The molecule has 0 heterocycles. The second-order valence-electron chi connectivity index (χ2n) is 20.4. The lowest BCUT2D eigenvalue weighted by Crippen LogP contribution is -2.46. The van der Waals surface area contributed by atoms with E-state index in [-0.39, 0.29) is 24.9 Å². The standard InChI is InChI=1S/C59H115NO5/c1-4-7-10-13-16-19-22-25-28-31-34-37-40-43-46-49-52-59(64)65-55(50-47-44-41-38-35-32-29-26-23-20-17-14-11-8-5-2)53-58(63)60-56(54-61)57(62)51-48-45-42-39-36-33-30-27-24-21-18-15-12-9-6-3/h26,29,55-57,61-62H,4-25,27-28,30-54H2,1-3H3,(H,60,63)/b29-26+. The van der Waals surface area contributed by atoms with Crippen molar-refractivity contribution in [2.75, 3.05) is 6.61 Å². The van der Waals surface area contributed by atoms with Crippen LogP contribution in [0.1, 0.15) is 329 Å². The molecule has 3 unspecified atom stereocenters. The Bertz CT molecular complexity index is 986. The van der Waals surface area contributed by atoms with Crippen LogP contribution in [0.5, 0.6) is 0 Å². The molecular formula is C59H115NO5. The quantitative estimate of drug-likeness (QED) is 0.0321. The number of esters is 1. The van der Waals surface area contributed by atoms with E-state index in [0.717, 1.165) is 57.8 Å². The van der Waals surface area contributed by atoms with Crippen LogP contribution in [-0.4, -0.2) is 46.9 Å². The molecule has 6 nitrogen and oxygen atoms in total. The molecule has 0 rings (SSSR count). The fraction of sp³-hybridized carbons (Fsp3) is 0.932. The van der Waals surface area contributed by atoms with E-state index < -0.39 is 18.2 Å². The van der Waals surface area contributed by atoms with E-state index in [1.165, 1.54) is 225 Å². The van der Waals surface area contributed by atoms with Gasteiger partial charge in [0.2, 0.25) is 5.91 Å². The summed E-state index contributed by atoms with van der Waals surface area (Å²) in [4.78, 5) is 26.3. The lowest BCUT2D eigenvalue weighted by molar-refractivity contribution is -0.151. The Morgan fingerprint density at radius 3 is 1.09 bits per heavy atom. The molecule has 0 aliphatic rings. The monoisotopic (exact) mass is 918 g/mol. The van der Waals surface area contributed by atoms with E-state index in [1.54, 1.807) is 0 Å². The molecule has 0 saturated heterocycles. The number of hydrogen-bond acceptors (Lipinski definition) is 5. The maximum absolute atomic E-state index is 13.3. The third kappa shape index (κ3) is 48.9. The highest BCUT2D eigenvalue weighted by atomic mass is 16.5. The Labute approximate surface area is 406 Å². The average molecular weight is 919 g/mol. The zero-order valence-electron chi connectivity index (χ0n) is 44.2. The number of aliphatic hydroxyl groups is 2. The van der Waals surface area contributed by atoms with Crippen LogP contribution in [0.15, 0.2) is 12.2 Å². The first-order chi connectivity index (χ1) is 32.0. The maximum atomic E-state index is 13.3. The van der Waals surface area contributed by atoms with Crippen molar-refractivity contribution in [1.29, 1.82) is 0 Å². The van der Waals surface area contributed by atoms with Gasteiger partial charge >= 0.3 is 5.97 Å². The number of unbranched alkanes of at least 4 members (excludes halogenated alkanes) is 40. The average Bonchev–Trinajstić information content (AvgIpc) is 3.30. The van der Waals surface area contributed by atoms with Crippen molar-refractivity contribution in [2.24, 2.45) is 0 Å². The highest BCUT2D eigenvalue weighted by molar-refractivity contribution is 5.77. The third-order valence-electron chi connectivity index (χ3n) is 13.8. The summed E-state index contributed by atoms with van der Waals surface area (Å²) in [6.45, 7) is 6.53. The molecule has 6 heteroatoms. The van der Waals surface area contributed by atoms with Gasteiger partial charge < -0.3 is 20.3 Å². The summed E-state index contributed by atoms with van der Waals surface area (Å²) >= 11 is 0. The maximum Gasteiger partial charge on any atom is 0.306 e. The highest BCUT2D eigenvalue weighted by Crippen LogP contribution is 2.19. The molecule has 0 bridgehead atoms. The Morgan fingerprint density at radius 2 is 0.738 bits per heavy atom. The Morgan fingerprint density at radius 1 is 0.431 bits per heavy atom. The lowest BCUT2D eigenvalue weighted by Gasteiger charge is -2.24. The largest absolute Gasteiger partial charge is 0.462 e. The summed E-state index contributed by atoms with van der Waals surface area (Å²) in [7, 11) is 0. The van der Waals surface area contributed by atoms with E-state index >= 15 is 0 Å². The number of amides is 1. The predicted molar refractivity (Wildman–Crippen MR) is 283 cm³/mol. The van der Waals surface area contributed by atoms with E-state index in [4.69, 9.17) is 4.74 Å². The molecule has 1 amide bonds. The summed E-state index contributed by atoms with van der Waals surface area (Å²) in [6, 6.07) is -0.699. The molecule has 0 saturated carbocycles. The molecule has 3 N–H and O–H groups in total. The van der Waals surface area contributed by atoms with Crippen LogP contribution in [0.25, 0.3) is 0 Å². The summed E-state index contributed by atoms with van der Waals surface area (Å²) in [5.41, 5.74) is 0. The zero-order valence-corrected chi connectivity index (χ0v) is 44.2. The van der Waals surface area contributed by atoms with Gasteiger partial charge in [-0.2, -0.15) is 0 Å². The first-order valence-corrected chi connectivity index (χ1v) is 29.4.